The molecule has 1 aliphatic heterocycles. The summed E-state index contributed by atoms with van der Waals surface area (Å²) in [6.07, 6.45) is 6.02. The quantitative estimate of drug-likeness (QED) is 0.590. The van der Waals surface area contributed by atoms with E-state index in [0.29, 0.717) is 19.7 Å². The summed E-state index contributed by atoms with van der Waals surface area (Å²) >= 11 is 0. The Morgan fingerprint density at radius 1 is 1.29 bits per heavy atom. The third-order valence-electron chi connectivity index (χ3n) is 4.26. The van der Waals surface area contributed by atoms with Crippen LogP contribution in [0, 0.1) is 0 Å². The number of nitrogens with one attached hydrogen (secondary N) is 2. The third kappa shape index (κ3) is 4.74. The van der Waals surface area contributed by atoms with Crippen LogP contribution < -0.4 is 10.6 Å². The van der Waals surface area contributed by atoms with Crippen molar-refractivity contribution in [2.45, 2.75) is 39.0 Å². The number of aryl methyl sites for hydroxylation is 1. The summed E-state index contributed by atoms with van der Waals surface area (Å²) < 4.78 is 8.17. The number of carboxylic acids is 1. The van der Waals surface area contributed by atoms with Gasteiger partial charge in [-0.2, -0.15) is 10.2 Å². The molecule has 28 heavy (non-hydrogen) atoms. The third-order valence-corrected chi connectivity index (χ3v) is 4.26. The summed E-state index contributed by atoms with van der Waals surface area (Å²) in [5.41, 5.74) is 0.546. The zero-order valence-corrected chi connectivity index (χ0v) is 15.4. The molecule has 2 aromatic rings. The number of aliphatic carboxylic acids is 1. The molecule has 3 N–H and O–H groups in total. The first-order valence-electron chi connectivity index (χ1n) is 8.99. The van der Waals surface area contributed by atoms with Crippen LogP contribution in [0.1, 0.15) is 40.6 Å². The normalized spacial score (nSPS) is 16.1. The van der Waals surface area contributed by atoms with Gasteiger partial charge in [-0.25, -0.2) is 0 Å². The second-order valence-electron chi connectivity index (χ2n) is 6.37. The summed E-state index contributed by atoms with van der Waals surface area (Å²) in [6.45, 7) is 3.12. The topological polar surface area (TPSA) is 140 Å². The van der Waals surface area contributed by atoms with E-state index < -0.39 is 17.8 Å². The lowest BCUT2D eigenvalue weighted by Gasteiger charge is -2.10. The first-order valence-corrected chi connectivity index (χ1v) is 8.99. The molecule has 1 aliphatic rings. The number of ether oxygens (including phenoxy) is 1. The molecular formula is C17H22N6O5. The van der Waals surface area contributed by atoms with Crippen LogP contribution in [0.2, 0.25) is 0 Å². The van der Waals surface area contributed by atoms with Gasteiger partial charge in [-0.3, -0.25) is 23.7 Å². The first kappa shape index (κ1) is 19.5. The fourth-order valence-corrected chi connectivity index (χ4v) is 2.84. The number of carbonyl (C=O) groups excluding carboxylic acids is 2. The molecule has 2 aromatic heterocycles. The molecule has 11 heteroatoms. The number of rotatable bonds is 8. The minimum atomic E-state index is -1.07. The number of hydrogen-bond donors (Lipinski definition) is 3. The monoisotopic (exact) mass is 390 g/mol. The molecule has 0 saturated carbocycles. The summed E-state index contributed by atoms with van der Waals surface area (Å²) in [5, 5.41) is 22.3. The van der Waals surface area contributed by atoms with E-state index in [1.807, 2.05) is 6.92 Å². The zero-order valence-electron chi connectivity index (χ0n) is 15.4. The maximum atomic E-state index is 12.5. The van der Waals surface area contributed by atoms with E-state index in [1.165, 1.54) is 12.4 Å². The standard InChI is InChI=1S/C17H22N6O5/c1-2-22-9-13(15(21-22)17(27)18-7-12-4-3-5-28-12)20-16(26)11-6-19-23(8-11)10-14(24)25/h6,8-9,12H,2-5,7,10H2,1H3,(H,18,27)(H,20,26)(H,24,25). The van der Waals surface area contributed by atoms with E-state index in [0.717, 1.165) is 17.5 Å². The number of amides is 2. The van der Waals surface area contributed by atoms with Crippen molar-refractivity contribution in [3.63, 3.8) is 0 Å². The Balaban J connectivity index is 1.69. The predicted molar refractivity (Wildman–Crippen MR) is 97.0 cm³/mol. The lowest BCUT2D eigenvalue weighted by Crippen LogP contribution is -2.32. The molecule has 11 nitrogen and oxygen atoms in total. The second kappa shape index (κ2) is 8.65. The molecule has 0 aromatic carbocycles. The number of hydrogen-bond acceptors (Lipinski definition) is 6. The van der Waals surface area contributed by atoms with Crippen molar-refractivity contribution >= 4 is 23.5 Å². The summed E-state index contributed by atoms with van der Waals surface area (Å²) in [4.78, 5) is 35.7. The molecule has 3 rings (SSSR count). The minimum absolute atomic E-state index is 0.00433. The van der Waals surface area contributed by atoms with Crippen LogP contribution in [0.3, 0.4) is 0 Å². The highest BCUT2D eigenvalue weighted by Gasteiger charge is 2.22. The van der Waals surface area contributed by atoms with Crippen LogP contribution in [-0.4, -0.2) is 61.7 Å². The fourth-order valence-electron chi connectivity index (χ4n) is 2.84. The van der Waals surface area contributed by atoms with Crippen molar-refractivity contribution in [3.05, 3.63) is 29.8 Å². The van der Waals surface area contributed by atoms with Crippen LogP contribution in [0.15, 0.2) is 18.6 Å². The summed E-state index contributed by atoms with van der Waals surface area (Å²) in [7, 11) is 0. The van der Waals surface area contributed by atoms with Crippen LogP contribution in [0.5, 0.6) is 0 Å². The molecule has 1 saturated heterocycles. The average Bonchev–Trinajstić information content (AvgIpc) is 3.40. The van der Waals surface area contributed by atoms with Crippen LogP contribution in [0.4, 0.5) is 5.69 Å². The Labute approximate surface area is 160 Å². The molecule has 1 atom stereocenters. The van der Waals surface area contributed by atoms with Crippen molar-refractivity contribution < 1.29 is 24.2 Å². The molecule has 150 valence electrons. The van der Waals surface area contributed by atoms with Gasteiger partial charge in [0.15, 0.2) is 5.69 Å². The van der Waals surface area contributed by atoms with Gasteiger partial charge in [0.2, 0.25) is 0 Å². The fraction of sp³-hybridized carbons (Fsp3) is 0.471. The second-order valence-corrected chi connectivity index (χ2v) is 6.37. The number of anilines is 1. The van der Waals surface area contributed by atoms with Gasteiger partial charge in [-0.1, -0.05) is 0 Å². The highest BCUT2D eigenvalue weighted by atomic mass is 16.5. The number of carboxylic acid groups (broad SMARTS) is 1. The molecule has 0 spiro atoms. The molecule has 0 bridgehead atoms. The van der Waals surface area contributed by atoms with Crippen molar-refractivity contribution in [3.8, 4) is 0 Å². The summed E-state index contributed by atoms with van der Waals surface area (Å²) in [6, 6.07) is 0. The van der Waals surface area contributed by atoms with E-state index >= 15 is 0 Å². The molecule has 3 heterocycles. The van der Waals surface area contributed by atoms with E-state index in [2.05, 4.69) is 20.8 Å². The number of carbonyl (C=O) groups is 3. The van der Waals surface area contributed by atoms with Crippen molar-refractivity contribution in [2.75, 3.05) is 18.5 Å². The smallest absolute Gasteiger partial charge is 0.325 e. The lowest BCUT2D eigenvalue weighted by molar-refractivity contribution is -0.137. The van der Waals surface area contributed by atoms with Crippen LogP contribution >= 0.6 is 0 Å². The summed E-state index contributed by atoms with van der Waals surface area (Å²) in [5.74, 6) is -1.98. The van der Waals surface area contributed by atoms with Crippen molar-refractivity contribution in [1.29, 1.82) is 0 Å². The molecule has 1 unspecified atom stereocenters. The van der Waals surface area contributed by atoms with E-state index in [4.69, 9.17) is 9.84 Å². The average molecular weight is 390 g/mol. The predicted octanol–water partition coefficient (Wildman–Crippen LogP) is 0.345. The largest absolute Gasteiger partial charge is 0.480 e. The maximum Gasteiger partial charge on any atom is 0.325 e. The highest BCUT2D eigenvalue weighted by Crippen LogP contribution is 2.16. The lowest BCUT2D eigenvalue weighted by atomic mass is 10.2. The number of aromatic nitrogens is 4. The molecule has 0 radical (unpaired) electrons. The SMILES string of the molecule is CCn1cc(NC(=O)c2cnn(CC(=O)O)c2)c(C(=O)NCC2CCCO2)n1. The first-order chi connectivity index (χ1) is 13.5. The van der Waals surface area contributed by atoms with Gasteiger partial charge in [0, 0.05) is 32.1 Å². The zero-order chi connectivity index (χ0) is 20.1. The van der Waals surface area contributed by atoms with Crippen molar-refractivity contribution in [2.24, 2.45) is 0 Å². The Bertz CT molecular complexity index is 867. The van der Waals surface area contributed by atoms with Crippen LogP contribution in [0.25, 0.3) is 0 Å². The Morgan fingerprint density at radius 3 is 2.79 bits per heavy atom. The maximum absolute atomic E-state index is 12.5. The van der Waals surface area contributed by atoms with Gasteiger partial charge < -0.3 is 20.5 Å². The van der Waals surface area contributed by atoms with E-state index in [1.54, 1.807) is 10.9 Å². The van der Waals surface area contributed by atoms with Gasteiger partial charge in [0.1, 0.15) is 6.54 Å². The Kier molecular flexibility index (Phi) is 6.04. The highest BCUT2D eigenvalue weighted by molar-refractivity contribution is 6.08. The van der Waals surface area contributed by atoms with Gasteiger partial charge in [0.25, 0.3) is 11.8 Å². The van der Waals surface area contributed by atoms with E-state index in [9.17, 15) is 14.4 Å². The van der Waals surface area contributed by atoms with Gasteiger partial charge >= 0.3 is 5.97 Å². The Morgan fingerprint density at radius 2 is 2.11 bits per heavy atom. The van der Waals surface area contributed by atoms with Crippen molar-refractivity contribution in [1.82, 2.24) is 24.9 Å². The molecule has 0 aliphatic carbocycles. The van der Waals surface area contributed by atoms with Gasteiger partial charge in [-0.15, -0.1) is 0 Å². The van der Waals surface area contributed by atoms with Gasteiger partial charge in [0.05, 0.1) is 23.6 Å². The van der Waals surface area contributed by atoms with Crippen LogP contribution in [-0.2, 0) is 22.6 Å². The minimum Gasteiger partial charge on any atom is -0.480 e. The molecule has 2 amide bonds. The molecule has 1 fully saturated rings. The van der Waals surface area contributed by atoms with Gasteiger partial charge in [-0.05, 0) is 19.8 Å². The van der Waals surface area contributed by atoms with E-state index in [-0.39, 0.29) is 29.6 Å². The number of nitrogens with zero attached hydrogens (tertiary/aromatic N) is 4. The Hall–Kier alpha value is -3.21. The molecular weight excluding hydrogens is 368 g/mol.